The van der Waals surface area contributed by atoms with Gasteiger partial charge in [0.05, 0.1) is 0 Å². The Labute approximate surface area is 130 Å². The van der Waals surface area contributed by atoms with Gasteiger partial charge in [-0.1, -0.05) is 45.9 Å². The Hall–Kier alpha value is -2.68. The van der Waals surface area contributed by atoms with Crippen molar-refractivity contribution >= 4 is 11.3 Å². The maximum Gasteiger partial charge on any atom is 0.216 e. The summed E-state index contributed by atoms with van der Waals surface area (Å²) in [6, 6.07) is 8.37. The van der Waals surface area contributed by atoms with Gasteiger partial charge in [-0.25, -0.2) is 0 Å². The fourth-order valence-corrected chi connectivity index (χ4v) is 2.28. The van der Waals surface area contributed by atoms with Gasteiger partial charge in [-0.15, -0.1) is 10.2 Å². The molecule has 0 saturated heterocycles. The van der Waals surface area contributed by atoms with Crippen molar-refractivity contribution in [3.8, 4) is 6.07 Å². The van der Waals surface area contributed by atoms with Crippen LogP contribution in [0, 0.1) is 11.3 Å². The number of nitrogens with zero attached hydrogens (tertiary/aromatic N) is 4. The van der Waals surface area contributed by atoms with Gasteiger partial charge in [0.2, 0.25) is 5.82 Å². The van der Waals surface area contributed by atoms with Crippen LogP contribution in [0.15, 0.2) is 24.4 Å². The van der Waals surface area contributed by atoms with Gasteiger partial charge in [0.25, 0.3) is 0 Å². The Morgan fingerprint density at radius 3 is 2.32 bits per heavy atom. The van der Waals surface area contributed by atoms with E-state index in [1.807, 2.05) is 0 Å². The molecule has 0 amide bonds. The number of aromatic nitrogens is 4. The lowest BCUT2D eigenvalue weighted by Gasteiger charge is -2.19. The van der Waals surface area contributed by atoms with Gasteiger partial charge in [0.1, 0.15) is 11.6 Å². The number of tetrazole rings is 1. The van der Waals surface area contributed by atoms with E-state index in [0.29, 0.717) is 17.4 Å². The predicted octanol–water partition coefficient (Wildman–Crippen LogP) is 3.42. The normalized spacial score (nSPS) is 11.8. The number of hydrogen-bond acceptors (Lipinski definition) is 5. The maximum atomic E-state index is 9.25. The van der Waals surface area contributed by atoms with Gasteiger partial charge in [-0.3, -0.25) is 0 Å². The van der Waals surface area contributed by atoms with Crippen LogP contribution in [0.2, 0.25) is 0 Å². The standard InChI is InChI=1S/C16H20N6/c1-10(2)13-6-5-7-14(11(3)4)15(13)18-9-12(8-17)16-19-21-22-20-16/h5-7,9-11,18H,1-4H3,(H,19,20,21,22). The highest BCUT2D eigenvalue weighted by Gasteiger charge is 2.13. The number of nitrogens with one attached hydrogen (secondary N) is 2. The van der Waals surface area contributed by atoms with Crippen LogP contribution in [0.4, 0.5) is 5.69 Å². The molecule has 22 heavy (non-hydrogen) atoms. The molecule has 0 aliphatic carbocycles. The zero-order valence-electron chi connectivity index (χ0n) is 13.3. The zero-order valence-corrected chi connectivity index (χ0v) is 13.3. The van der Waals surface area contributed by atoms with Crippen molar-refractivity contribution in [3.63, 3.8) is 0 Å². The van der Waals surface area contributed by atoms with Gasteiger partial charge in [0, 0.05) is 11.9 Å². The smallest absolute Gasteiger partial charge is 0.216 e. The molecule has 2 N–H and O–H groups in total. The number of benzene rings is 1. The number of para-hydroxylation sites is 1. The molecule has 0 atom stereocenters. The molecule has 6 nitrogen and oxygen atoms in total. The van der Waals surface area contributed by atoms with E-state index in [0.717, 1.165) is 5.69 Å². The Morgan fingerprint density at radius 1 is 1.23 bits per heavy atom. The first-order chi connectivity index (χ1) is 10.5. The van der Waals surface area contributed by atoms with Crippen LogP contribution in [-0.4, -0.2) is 20.6 Å². The molecule has 0 aliphatic rings. The monoisotopic (exact) mass is 296 g/mol. The highest BCUT2D eigenvalue weighted by atomic mass is 15.5. The summed E-state index contributed by atoms with van der Waals surface area (Å²) >= 11 is 0. The second kappa shape index (κ2) is 6.85. The summed E-state index contributed by atoms with van der Waals surface area (Å²) in [6.45, 7) is 8.61. The molecule has 114 valence electrons. The van der Waals surface area contributed by atoms with Gasteiger partial charge < -0.3 is 5.32 Å². The van der Waals surface area contributed by atoms with E-state index in [-0.39, 0.29) is 5.82 Å². The predicted molar refractivity (Wildman–Crippen MR) is 86.0 cm³/mol. The van der Waals surface area contributed by atoms with Crippen molar-refractivity contribution in [2.24, 2.45) is 0 Å². The molecular formula is C16H20N6. The lowest BCUT2D eigenvalue weighted by molar-refractivity contribution is 0.838. The fraction of sp³-hybridized carbons (Fsp3) is 0.375. The van der Waals surface area contributed by atoms with Crippen molar-refractivity contribution < 1.29 is 0 Å². The average molecular weight is 296 g/mol. The summed E-state index contributed by atoms with van der Waals surface area (Å²) in [5.74, 6) is 1.04. The molecule has 0 fully saturated rings. The molecule has 0 bridgehead atoms. The molecule has 0 spiro atoms. The van der Waals surface area contributed by atoms with E-state index in [4.69, 9.17) is 0 Å². The topological polar surface area (TPSA) is 90.3 Å². The van der Waals surface area contributed by atoms with Crippen LogP contribution in [0.3, 0.4) is 0 Å². The Balaban J connectivity index is 2.42. The van der Waals surface area contributed by atoms with Gasteiger partial charge >= 0.3 is 0 Å². The molecule has 1 heterocycles. The molecule has 2 rings (SSSR count). The second-order valence-corrected chi connectivity index (χ2v) is 5.67. The van der Waals surface area contributed by atoms with E-state index in [2.05, 4.69) is 77.9 Å². The average Bonchev–Trinajstić information content (AvgIpc) is 3.01. The largest absolute Gasteiger partial charge is 0.360 e. The molecule has 6 heteroatoms. The minimum absolute atomic E-state index is 0.281. The van der Waals surface area contributed by atoms with E-state index in [1.54, 1.807) is 6.20 Å². The molecule has 1 aromatic heterocycles. The zero-order chi connectivity index (χ0) is 16.1. The van der Waals surface area contributed by atoms with Crippen molar-refractivity contribution in [2.75, 3.05) is 5.32 Å². The van der Waals surface area contributed by atoms with Gasteiger partial charge in [-0.2, -0.15) is 10.5 Å². The third-order valence-corrected chi connectivity index (χ3v) is 3.44. The molecule has 0 aliphatic heterocycles. The number of aromatic amines is 1. The van der Waals surface area contributed by atoms with Crippen molar-refractivity contribution in [3.05, 3.63) is 41.4 Å². The number of hydrogen-bond donors (Lipinski definition) is 2. The number of allylic oxidation sites excluding steroid dienone is 1. The lowest BCUT2D eigenvalue weighted by Crippen LogP contribution is -2.03. The number of rotatable bonds is 5. The summed E-state index contributed by atoms with van der Waals surface area (Å²) in [4.78, 5) is 0. The number of nitriles is 1. The first kappa shape index (κ1) is 15.7. The Bertz CT molecular complexity index is 666. The van der Waals surface area contributed by atoms with Crippen LogP contribution in [0.25, 0.3) is 5.57 Å². The number of H-pyrrole nitrogens is 1. The van der Waals surface area contributed by atoms with E-state index in [1.165, 1.54) is 11.1 Å². The second-order valence-electron chi connectivity index (χ2n) is 5.67. The quantitative estimate of drug-likeness (QED) is 0.825. The highest BCUT2D eigenvalue weighted by molar-refractivity contribution is 5.75. The Kier molecular flexibility index (Phi) is 4.89. The molecule has 1 aromatic carbocycles. The minimum atomic E-state index is 0.281. The molecule has 0 radical (unpaired) electrons. The Morgan fingerprint density at radius 2 is 1.86 bits per heavy atom. The van der Waals surface area contributed by atoms with Gasteiger partial charge in [-0.05, 0) is 28.2 Å². The lowest BCUT2D eigenvalue weighted by atomic mass is 9.93. The highest BCUT2D eigenvalue weighted by Crippen LogP contribution is 2.32. The maximum absolute atomic E-state index is 9.25. The summed E-state index contributed by atoms with van der Waals surface area (Å²) in [5.41, 5.74) is 3.81. The fourth-order valence-electron chi connectivity index (χ4n) is 2.28. The summed E-state index contributed by atoms with van der Waals surface area (Å²) in [5, 5.41) is 26.0. The van der Waals surface area contributed by atoms with Crippen LogP contribution in [0.5, 0.6) is 0 Å². The summed E-state index contributed by atoms with van der Waals surface area (Å²) in [6.07, 6.45) is 1.64. The van der Waals surface area contributed by atoms with E-state index >= 15 is 0 Å². The van der Waals surface area contributed by atoms with Crippen molar-refractivity contribution in [1.29, 1.82) is 5.26 Å². The summed E-state index contributed by atoms with van der Waals surface area (Å²) in [7, 11) is 0. The molecule has 2 aromatic rings. The molecule has 0 saturated carbocycles. The van der Waals surface area contributed by atoms with Crippen LogP contribution >= 0.6 is 0 Å². The third-order valence-electron chi connectivity index (χ3n) is 3.44. The molecule has 0 unspecified atom stereocenters. The molecular weight excluding hydrogens is 276 g/mol. The first-order valence-electron chi connectivity index (χ1n) is 7.28. The first-order valence-corrected chi connectivity index (χ1v) is 7.28. The van der Waals surface area contributed by atoms with Crippen LogP contribution in [0.1, 0.15) is 56.5 Å². The van der Waals surface area contributed by atoms with E-state index < -0.39 is 0 Å². The van der Waals surface area contributed by atoms with Crippen molar-refractivity contribution in [2.45, 2.75) is 39.5 Å². The minimum Gasteiger partial charge on any atom is -0.360 e. The number of anilines is 1. The van der Waals surface area contributed by atoms with Gasteiger partial charge in [0.15, 0.2) is 0 Å². The summed E-state index contributed by atoms with van der Waals surface area (Å²) < 4.78 is 0. The van der Waals surface area contributed by atoms with Crippen LogP contribution in [-0.2, 0) is 0 Å². The third kappa shape index (κ3) is 3.31. The van der Waals surface area contributed by atoms with Crippen LogP contribution < -0.4 is 5.32 Å². The van der Waals surface area contributed by atoms with E-state index in [9.17, 15) is 5.26 Å². The SMILES string of the molecule is CC(C)c1cccc(C(C)C)c1NC=C(C#N)c1nn[nH]n1. The van der Waals surface area contributed by atoms with Crippen molar-refractivity contribution in [1.82, 2.24) is 20.6 Å².